The fourth-order valence-electron chi connectivity index (χ4n) is 2.35. The molecule has 0 bridgehead atoms. The van der Waals surface area contributed by atoms with Crippen LogP contribution >= 0.6 is 0 Å². The van der Waals surface area contributed by atoms with Crippen LogP contribution in [0.4, 0.5) is 0 Å². The van der Waals surface area contributed by atoms with Gasteiger partial charge >= 0.3 is 5.97 Å². The van der Waals surface area contributed by atoms with Crippen molar-refractivity contribution in [1.29, 1.82) is 0 Å². The van der Waals surface area contributed by atoms with E-state index in [1.54, 1.807) is 11.6 Å². The summed E-state index contributed by atoms with van der Waals surface area (Å²) in [6.07, 6.45) is 4.63. The van der Waals surface area contributed by atoms with Gasteiger partial charge in [0.15, 0.2) is 5.82 Å². The Kier molecular flexibility index (Phi) is 4.69. The minimum atomic E-state index is -0.839. The second-order valence-electron chi connectivity index (χ2n) is 5.65. The maximum Gasteiger partial charge on any atom is 0.311 e. The number of hydrogen-bond acceptors (Lipinski definition) is 5. The average molecular weight is 282 g/mol. The van der Waals surface area contributed by atoms with Crippen LogP contribution in [-0.2, 0) is 22.5 Å². The Hall–Kier alpha value is -1.50. The number of aliphatic carboxylic acids is 1. The molecule has 1 aliphatic heterocycles. The summed E-state index contributed by atoms with van der Waals surface area (Å²) in [6, 6.07) is 0. The highest BCUT2D eigenvalue weighted by Gasteiger charge is 2.33. The van der Waals surface area contributed by atoms with E-state index in [4.69, 9.17) is 4.74 Å². The monoisotopic (exact) mass is 282 g/mol. The number of aromatic nitrogens is 4. The molecule has 2 heterocycles. The Labute approximate surface area is 118 Å². The molecular weight excluding hydrogens is 260 g/mol. The number of rotatable bonds is 7. The summed E-state index contributed by atoms with van der Waals surface area (Å²) < 4.78 is 7.20. The Bertz CT molecular complexity index is 456. The molecule has 0 aromatic carbocycles. The third-order valence-electron chi connectivity index (χ3n) is 4.12. The van der Waals surface area contributed by atoms with Gasteiger partial charge in [0.25, 0.3) is 0 Å². The van der Waals surface area contributed by atoms with Gasteiger partial charge in [-0.25, -0.2) is 4.68 Å². The molecule has 1 N–H and O–H groups in total. The predicted molar refractivity (Wildman–Crippen MR) is 71.1 cm³/mol. The summed E-state index contributed by atoms with van der Waals surface area (Å²) in [7, 11) is 0. The zero-order valence-corrected chi connectivity index (χ0v) is 12.1. The molecule has 1 saturated heterocycles. The van der Waals surface area contributed by atoms with Crippen molar-refractivity contribution in [3.8, 4) is 0 Å². The highest BCUT2D eigenvalue weighted by molar-refractivity contribution is 5.73. The number of tetrazole rings is 1. The average Bonchev–Trinajstić information content (AvgIpc) is 3.07. The lowest BCUT2D eigenvalue weighted by Gasteiger charge is -2.23. The maximum absolute atomic E-state index is 11.4. The fraction of sp³-hybridized carbons (Fsp3) is 0.846. The van der Waals surface area contributed by atoms with E-state index in [2.05, 4.69) is 15.5 Å². The van der Waals surface area contributed by atoms with E-state index in [1.165, 1.54) is 0 Å². The quantitative estimate of drug-likeness (QED) is 0.810. The van der Waals surface area contributed by atoms with Crippen LogP contribution < -0.4 is 0 Å². The van der Waals surface area contributed by atoms with Gasteiger partial charge in [0.1, 0.15) is 0 Å². The Morgan fingerprint density at radius 3 is 3.00 bits per heavy atom. The molecule has 1 aromatic rings. The molecule has 1 aliphatic rings. The van der Waals surface area contributed by atoms with Gasteiger partial charge in [-0.05, 0) is 43.0 Å². The number of hydrogen-bond donors (Lipinski definition) is 1. The van der Waals surface area contributed by atoms with E-state index >= 15 is 0 Å². The van der Waals surface area contributed by atoms with E-state index in [0.29, 0.717) is 13.0 Å². The summed E-state index contributed by atoms with van der Waals surface area (Å²) in [5, 5.41) is 20.9. The number of carboxylic acid groups (broad SMARTS) is 1. The molecule has 2 atom stereocenters. The maximum atomic E-state index is 11.4. The summed E-state index contributed by atoms with van der Waals surface area (Å²) in [4.78, 5) is 11.4. The molecule has 0 saturated carbocycles. The highest BCUT2D eigenvalue weighted by atomic mass is 16.5. The van der Waals surface area contributed by atoms with Crippen molar-refractivity contribution in [2.24, 2.45) is 5.41 Å². The largest absolute Gasteiger partial charge is 0.481 e. The van der Waals surface area contributed by atoms with Crippen molar-refractivity contribution >= 4 is 5.97 Å². The summed E-state index contributed by atoms with van der Waals surface area (Å²) in [5.41, 5.74) is -0.839. The number of carbonyl (C=O) groups is 1. The third-order valence-corrected chi connectivity index (χ3v) is 4.12. The Morgan fingerprint density at radius 2 is 2.40 bits per heavy atom. The first-order chi connectivity index (χ1) is 9.55. The van der Waals surface area contributed by atoms with Crippen LogP contribution in [0, 0.1) is 5.41 Å². The SMILES string of the molecule is CCC(C)(Cn1nnnc1CCC1CCCO1)C(=O)O. The van der Waals surface area contributed by atoms with Gasteiger partial charge in [0, 0.05) is 13.0 Å². The van der Waals surface area contributed by atoms with Crippen LogP contribution in [0.5, 0.6) is 0 Å². The van der Waals surface area contributed by atoms with E-state index in [1.807, 2.05) is 6.92 Å². The van der Waals surface area contributed by atoms with Gasteiger partial charge in [-0.1, -0.05) is 6.92 Å². The molecule has 7 nitrogen and oxygen atoms in total. The summed E-state index contributed by atoms with van der Waals surface area (Å²) >= 11 is 0. The molecule has 0 spiro atoms. The molecule has 112 valence electrons. The number of aryl methyl sites for hydroxylation is 1. The van der Waals surface area contributed by atoms with Crippen molar-refractivity contribution in [1.82, 2.24) is 20.2 Å². The van der Waals surface area contributed by atoms with Crippen LogP contribution in [0.1, 0.15) is 45.4 Å². The standard InChI is InChI=1S/C13H22N4O3/c1-3-13(2,12(18)19)9-17-11(14-15-16-17)7-6-10-5-4-8-20-10/h10H,3-9H2,1-2H3,(H,18,19). The number of carboxylic acids is 1. The number of ether oxygens (including phenoxy) is 1. The second kappa shape index (κ2) is 6.30. The summed E-state index contributed by atoms with van der Waals surface area (Å²) in [5.74, 6) is -0.0815. The Balaban J connectivity index is 1.98. The Morgan fingerprint density at radius 1 is 1.60 bits per heavy atom. The molecule has 0 amide bonds. The third kappa shape index (κ3) is 3.33. The molecule has 0 radical (unpaired) electrons. The summed E-state index contributed by atoms with van der Waals surface area (Å²) in [6.45, 7) is 4.72. The lowest BCUT2D eigenvalue weighted by atomic mass is 9.88. The molecule has 1 fully saturated rings. The normalized spacial score (nSPS) is 21.8. The first kappa shape index (κ1) is 14.9. The molecule has 1 aromatic heterocycles. The van der Waals surface area contributed by atoms with Crippen molar-refractivity contribution < 1.29 is 14.6 Å². The van der Waals surface area contributed by atoms with Crippen LogP contribution in [0.25, 0.3) is 0 Å². The first-order valence-electron chi connectivity index (χ1n) is 7.15. The van der Waals surface area contributed by atoms with Crippen LogP contribution in [0.2, 0.25) is 0 Å². The number of nitrogens with zero attached hydrogens (tertiary/aromatic N) is 4. The molecular formula is C13H22N4O3. The van der Waals surface area contributed by atoms with Gasteiger partial charge in [0.2, 0.25) is 0 Å². The molecule has 7 heteroatoms. The van der Waals surface area contributed by atoms with Crippen molar-refractivity contribution in [2.45, 2.75) is 58.6 Å². The van der Waals surface area contributed by atoms with Gasteiger partial charge in [-0.15, -0.1) is 5.10 Å². The molecule has 2 rings (SSSR count). The van der Waals surface area contributed by atoms with E-state index in [9.17, 15) is 9.90 Å². The van der Waals surface area contributed by atoms with Crippen molar-refractivity contribution in [3.63, 3.8) is 0 Å². The van der Waals surface area contributed by atoms with Gasteiger partial charge in [-0.2, -0.15) is 0 Å². The minimum absolute atomic E-state index is 0.289. The van der Waals surface area contributed by atoms with E-state index in [0.717, 1.165) is 38.1 Å². The van der Waals surface area contributed by atoms with E-state index < -0.39 is 11.4 Å². The molecule has 2 unspecified atom stereocenters. The zero-order valence-electron chi connectivity index (χ0n) is 12.1. The fourth-order valence-corrected chi connectivity index (χ4v) is 2.35. The van der Waals surface area contributed by atoms with E-state index in [-0.39, 0.29) is 6.10 Å². The van der Waals surface area contributed by atoms with Crippen molar-refractivity contribution in [3.05, 3.63) is 5.82 Å². The predicted octanol–water partition coefficient (Wildman–Crippen LogP) is 1.29. The van der Waals surface area contributed by atoms with Crippen molar-refractivity contribution in [2.75, 3.05) is 6.61 Å². The minimum Gasteiger partial charge on any atom is -0.481 e. The topological polar surface area (TPSA) is 90.1 Å². The van der Waals surface area contributed by atoms with Crippen LogP contribution in [0.3, 0.4) is 0 Å². The van der Waals surface area contributed by atoms with Crippen LogP contribution in [0.15, 0.2) is 0 Å². The van der Waals surface area contributed by atoms with Gasteiger partial charge in [0.05, 0.1) is 18.1 Å². The lowest BCUT2D eigenvalue weighted by molar-refractivity contribution is -0.149. The highest BCUT2D eigenvalue weighted by Crippen LogP contribution is 2.24. The first-order valence-corrected chi connectivity index (χ1v) is 7.15. The zero-order chi connectivity index (χ0) is 14.6. The smallest absolute Gasteiger partial charge is 0.311 e. The van der Waals surface area contributed by atoms with Gasteiger partial charge in [-0.3, -0.25) is 4.79 Å². The molecule has 0 aliphatic carbocycles. The van der Waals surface area contributed by atoms with Crippen LogP contribution in [-0.4, -0.2) is 44.0 Å². The molecule has 20 heavy (non-hydrogen) atoms. The lowest BCUT2D eigenvalue weighted by Crippen LogP contribution is -2.33. The van der Waals surface area contributed by atoms with Gasteiger partial charge < -0.3 is 9.84 Å². The second-order valence-corrected chi connectivity index (χ2v) is 5.65.